The van der Waals surface area contributed by atoms with Gasteiger partial charge in [0.1, 0.15) is 0 Å². The summed E-state index contributed by atoms with van der Waals surface area (Å²) >= 11 is 7.59. The monoisotopic (exact) mass is 240 g/mol. The van der Waals surface area contributed by atoms with Gasteiger partial charge in [-0.3, -0.25) is 0 Å². The van der Waals surface area contributed by atoms with Crippen molar-refractivity contribution in [1.82, 2.24) is 10.2 Å². The maximum atomic E-state index is 6.01. The maximum Gasteiger partial charge on any atom is 0.226 e. The fraction of sp³-hybridized carbons (Fsp3) is 0.200. The summed E-state index contributed by atoms with van der Waals surface area (Å²) in [5.74, 6) is 1.85. The quantitative estimate of drug-likeness (QED) is 0.772. The Kier molecular flexibility index (Phi) is 3.28. The lowest BCUT2D eigenvalue weighted by Crippen LogP contribution is -1.81. The third-order valence-corrected chi connectivity index (χ3v) is 3.26. The molecule has 0 saturated heterocycles. The van der Waals surface area contributed by atoms with Gasteiger partial charge in [-0.2, -0.15) is 0 Å². The first-order valence-electron chi connectivity index (χ1n) is 4.42. The van der Waals surface area contributed by atoms with Crippen LogP contribution >= 0.6 is 23.4 Å². The summed E-state index contributed by atoms with van der Waals surface area (Å²) in [4.78, 5) is 1.02. The number of halogens is 1. The smallest absolute Gasteiger partial charge is 0.226 e. The topological polar surface area (TPSA) is 38.9 Å². The summed E-state index contributed by atoms with van der Waals surface area (Å²) in [5.41, 5.74) is 0. The van der Waals surface area contributed by atoms with Crippen molar-refractivity contribution in [3.8, 4) is 0 Å². The van der Waals surface area contributed by atoms with Crippen LogP contribution in [0.5, 0.6) is 0 Å². The van der Waals surface area contributed by atoms with Crippen LogP contribution in [0, 0.1) is 6.92 Å². The summed E-state index contributed by atoms with van der Waals surface area (Å²) in [6.45, 7) is 1.77. The van der Waals surface area contributed by atoms with Gasteiger partial charge in [0.25, 0.3) is 0 Å². The minimum atomic E-state index is 0.588. The number of nitrogens with zero attached hydrogens (tertiary/aromatic N) is 2. The molecule has 2 aromatic rings. The molecular formula is C10H9ClN2OS. The van der Waals surface area contributed by atoms with Crippen LogP contribution in [-0.2, 0) is 5.75 Å². The lowest BCUT2D eigenvalue weighted by Gasteiger charge is -2.00. The molecule has 0 atom stereocenters. The van der Waals surface area contributed by atoms with Gasteiger partial charge >= 0.3 is 0 Å². The van der Waals surface area contributed by atoms with Crippen molar-refractivity contribution < 1.29 is 4.42 Å². The number of hydrogen-bond donors (Lipinski definition) is 0. The SMILES string of the molecule is Cc1nnc(CSc2ccccc2Cl)o1. The fourth-order valence-electron chi connectivity index (χ4n) is 1.10. The molecule has 78 valence electrons. The second kappa shape index (κ2) is 4.68. The predicted molar refractivity (Wildman–Crippen MR) is 60.0 cm³/mol. The van der Waals surface area contributed by atoms with E-state index in [2.05, 4.69) is 10.2 Å². The van der Waals surface area contributed by atoms with Gasteiger partial charge in [0.05, 0.1) is 10.8 Å². The summed E-state index contributed by atoms with van der Waals surface area (Å²) in [5, 5.41) is 8.42. The second-order valence-electron chi connectivity index (χ2n) is 2.93. The number of aromatic nitrogens is 2. The Hall–Kier alpha value is -1.00. The summed E-state index contributed by atoms with van der Waals surface area (Å²) in [7, 11) is 0. The summed E-state index contributed by atoms with van der Waals surface area (Å²) in [6, 6.07) is 7.69. The molecule has 2 rings (SSSR count). The van der Waals surface area contributed by atoms with Crippen LogP contribution in [0.4, 0.5) is 0 Å². The average Bonchev–Trinajstić information content (AvgIpc) is 2.63. The lowest BCUT2D eigenvalue weighted by molar-refractivity contribution is 0.485. The molecule has 3 nitrogen and oxygen atoms in total. The molecule has 5 heteroatoms. The molecule has 0 bridgehead atoms. The van der Waals surface area contributed by atoms with E-state index in [1.54, 1.807) is 18.7 Å². The molecule has 0 spiro atoms. The van der Waals surface area contributed by atoms with Crippen molar-refractivity contribution in [3.63, 3.8) is 0 Å². The van der Waals surface area contributed by atoms with Gasteiger partial charge in [-0.15, -0.1) is 22.0 Å². The number of aryl methyl sites for hydroxylation is 1. The molecule has 0 N–H and O–H groups in total. The molecule has 0 unspecified atom stereocenters. The van der Waals surface area contributed by atoms with Crippen LogP contribution in [0.2, 0.25) is 5.02 Å². The van der Waals surface area contributed by atoms with E-state index in [4.69, 9.17) is 16.0 Å². The van der Waals surface area contributed by atoms with E-state index in [9.17, 15) is 0 Å². The Balaban J connectivity index is 2.02. The molecule has 0 aliphatic carbocycles. The highest BCUT2D eigenvalue weighted by atomic mass is 35.5. The molecule has 0 radical (unpaired) electrons. The summed E-state index contributed by atoms with van der Waals surface area (Å²) in [6.07, 6.45) is 0. The Bertz CT molecular complexity index is 458. The second-order valence-corrected chi connectivity index (χ2v) is 4.36. The van der Waals surface area contributed by atoms with E-state index in [0.717, 1.165) is 9.92 Å². The Morgan fingerprint density at radius 2 is 2.13 bits per heavy atom. The van der Waals surface area contributed by atoms with Crippen LogP contribution in [0.15, 0.2) is 33.6 Å². The minimum Gasteiger partial charge on any atom is -0.425 e. The summed E-state index contributed by atoms with van der Waals surface area (Å²) < 4.78 is 5.26. The van der Waals surface area contributed by atoms with Crippen LogP contribution in [0.25, 0.3) is 0 Å². The van der Waals surface area contributed by atoms with E-state index in [1.807, 2.05) is 24.3 Å². The predicted octanol–water partition coefficient (Wildman–Crippen LogP) is 3.32. The van der Waals surface area contributed by atoms with Crippen molar-refractivity contribution in [2.24, 2.45) is 0 Å². The van der Waals surface area contributed by atoms with Gasteiger partial charge in [-0.1, -0.05) is 23.7 Å². The Labute approximate surface area is 96.8 Å². The molecule has 1 aromatic heterocycles. The van der Waals surface area contributed by atoms with Gasteiger partial charge in [0, 0.05) is 11.8 Å². The number of hydrogen-bond acceptors (Lipinski definition) is 4. The Morgan fingerprint density at radius 1 is 1.33 bits per heavy atom. The molecule has 0 fully saturated rings. The molecule has 0 amide bonds. The first-order valence-corrected chi connectivity index (χ1v) is 5.78. The van der Waals surface area contributed by atoms with Crippen molar-refractivity contribution >= 4 is 23.4 Å². The minimum absolute atomic E-state index is 0.588. The third-order valence-electron chi connectivity index (χ3n) is 1.76. The first-order chi connectivity index (χ1) is 7.25. The van der Waals surface area contributed by atoms with E-state index in [0.29, 0.717) is 17.5 Å². The van der Waals surface area contributed by atoms with Crippen LogP contribution < -0.4 is 0 Å². The first kappa shape index (κ1) is 10.5. The largest absolute Gasteiger partial charge is 0.425 e. The zero-order chi connectivity index (χ0) is 10.7. The van der Waals surface area contributed by atoms with E-state index in [-0.39, 0.29) is 0 Å². The van der Waals surface area contributed by atoms with Crippen molar-refractivity contribution in [2.75, 3.05) is 0 Å². The molecule has 0 aliphatic heterocycles. The average molecular weight is 241 g/mol. The molecule has 1 aromatic carbocycles. The van der Waals surface area contributed by atoms with Crippen LogP contribution in [-0.4, -0.2) is 10.2 Å². The number of rotatable bonds is 3. The van der Waals surface area contributed by atoms with E-state index in [1.165, 1.54) is 0 Å². The zero-order valence-corrected chi connectivity index (χ0v) is 9.68. The molecule has 15 heavy (non-hydrogen) atoms. The van der Waals surface area contributed by atoms with Crippen LogP contribution in [0.1, 0.15) is 11.8 Å². The molecule has 0 aliphatic rings. The van der Waals surface area contributed by atoms with Gasteiger partial charge in [-0.05, 0) is 12.1 Å². The van der Waals surface area contributed by atoms with Crippen molar-refractivity contribution in [1.29, 1.82) is 0 Å². The van der Waals surface area contributed by atoms with E-state index < -0.39 is 0 Å². The van der Waals surface area contributed by atoms with Gasteiger partial charge in [-0.25, -0.2) is 0 Å². The lowest BCUT2D eigenvalue weighted by atomic mass is 10.4. The third kappa shape index (κ3) is 2.73. The number of thioether (sulfide) groups is 1. The van der Waals surface area contributed by atoms with Crippen molar-refractivity contribution in [3.05, 3.63) is 41.1 Å². The molecular weight excluding hydrogens is 232 g/mol. The zero-order valence-electron chi connectivity index (χ0n) is 8.11. The van der Waals surface area contributed by atoms with Gasteiger partial charge < -0.3 is 4.42 Å². The van der Waals surface area contributed by atoms with Gasteiger partial charge in [0.2, 0.25) is 11.8 Å². The number of benzene rings is 1. The Morgan fingerprint density at radius 3 is 2.80 bits per heavy atom. The highest BCUT2D eigenvalue weighted by molar-refractivity contribution is 7.98. The molecule has 1 heterocycles. The standard InChI is InChI=1S/C10H9ClN2OS/c1-7-12-13-10(14-7)6-15-9-5-3-2-4-8(9)11/h2-5H,6H2,1H3. The van der Waals surface area contributed by atoms with E-state index >= 15 is 0 Å². The highest BCUT2D eigenvalue weighted by Gasteiger charge is 2.05. The van der Waals surface area contributed by atoms with Crippen molar-refractivity contribution in [2.45, 2.75) is 17.6 Å². The van der Waals surface area contributed by atoms with Crippen LogP contribution in [0.3, 0.4) is 0 Å². The highest BCUT2D eigenvalue weighted by Crippen LogP contribution is 2.28. The molecule has 0 saturated carbocycles. The van der Waals surface area contributed by atoms with Gasteiger partial charge in [0.15, 0.2) is 0 Å². The fourth-order valence-corrected chi connectivity index (χ4v) is 2.17. The normalized spacial score (nSPS) is 10.5. The maximum absolute atomic E-state index is 6.01.